The van der Waals surface area contributed by atoms with Gasteiger partial charge >= 0.3 is 0 Å². The fourth-order valence-electron chi connectivity index (χ4n) is 3.91. The van der Waals surface area contributed by atoms with E-state index in [2.05, 4.69) is 10.00 Å². The van der Waals surface area contributed by atoms with Crippen LogP contribution in [0.5, 0.6) is 0 Å². The molecular formula is C15H25N3O. The average molecular weight is 263 g/mol. The van der Waals surface area contributed by atoms with Gasteiger partial charge in [0.2, 0.25) is 0 Å². The van der Waals surface area contributed by atoms with Crippen molar-refractivity contribution in [1.29, 1.82) is 0 Å². The molecule has 2 heterocycles. The van der Waals surface area contributed by atoms with Crippen LogP contribution >= 0.6 is 0 Å². The van der Waals surface area contributed by atoms with Gasteiger partial charge in [-0.05, 0) is 44.2 Å². The topological polar surface area (TPSA) is 41.3 Å². The number of likely N-dealkylation sites (tertiary alicyclic amines) is 1. The molecule has 1 aliphatic heterocycles. The number of aliphatic hydroxyl groups excluding tert-OH is 1. The third-order valence-corrected chi connectivity index (χ3v) is 4.76. The molecular weight excluding hydrogens is 238 g/mol. The van der Waals surface area contributed by atoms with Crippen molar-refractivity contribution in [2.45, 2.75) is 57.2 Å². The molecule has 0 bridgehead atoms. The largest absolute Gasteiger partial charge is 0.390 e. The quantitative estimate of drug-likeness (QED) is 0.902. The second kappa shape index (κ2) is 6.06. The number of piperidine rings is 1. The Labute approximate surface area is 115 Å². The smallest absolute Gasteiger partial charge is 0.0862 e. The van der Waals surface area contributed by atoms with Crippen LogP contribution in [0, 0.1) is 5.92 Å². The van der Waals surface area contributed by atoms with E-state index >= 15 is 0 Å². The summed E-state index contributed by atoms with van der Waals surface area (Å²) in [6.45, 7) is 2.58. The van der Waals surface area contributed by atoms with Crippen LogP contribution in [0.15, 0.2) is 18.5 Å². The zero-order valence-corrected chi connectivity index (χ0v) is 11.6. The second-order valence-electron chi connectivity index (χ2n) is 6.13. The van der Waals surface area contributed by atoms with Crippen molar-refractivity contribution in [3.05, 3.63) is 18.5 Å². The van der Waals surface area contributed by atoms with Crippen LogP contribution in [0.2, 0.25) is 0 Å². The van der Waals surface area contributed by atoms with Gasteiger partial charge in [0, 0.05) is 25.0 Å². The van der Waals surface area contributed by atoms with Gasteiger partial charge in [-0.15, -0.1) is 0 Å². The number of rotatable bonds is 4. The fraction of sp³-hybridized carbons (Fsp3) is 0.800. The molecule has 1 aromatic heterocycles. The van der Waals surface area contributed by atoms with E-state index in [9.17, 15) is 5.11 Å². The van der Waals surface area contributed by atoms with E-state index in [4.69, 9.17) is 0 Å². The fourth-order valence-corrected chi connectivity index (χ4v) is 3.91. The number of aliphatic hydroxyl groups is 1. The number of hydrogen-bond donors (Lipinski definition) is 1. The summed E-state index contributed by atoms with van der Waals surface area (Å²) in [7, 11) is 0. The Kier molecular flexibility index (Phi) is 4.18. The second-order valence-corrected chi connectivity index (χ2v) is 6.13. The highest BCUT2D eigenvalue weighted by molar-refractivity contribution is 4.88. The van der Waals surface area contributed by atoms with Gasteiger partial charge in [0.05, 0.1) is 12.6 Å². The number of aromatic nitrogens is 2. The van der Waals surface area contributed by atoms with E-state index in [1.54, 1.807) is 6.20 Å². The molecule has 1 N–H and O–H groups in total. The van der Waals surface area contributed by atoms with Crippen molar-refractivity contribution >= 4 is 0 Å². The Hall–Kier alpha value is -0.870. The highest BCUT2D eigenvalue weighted by atomic mass is 16.3. The lowest BCUT2D eigenvalue weighted by molar-refractivity contribution is 0.0152. The predicted octanol–water partition coefficient (Wildman–Crippen LogP) is 1.90. The molecule has 2 aliphatic rings. The standard InChI is InChI=1S/C15H25N3O/c19-14(12-18-10-4-8-16-18)11-17-9-3-6-13-5-1-2-7-15(13)17/h4,8,10,13-15,19H,1-3,5-7,9,11-12H2/t13-,14+,15-/m0/s1. The number of hydrogen-bond acceptors (Lipinski definition) is 3. The minimum Gasteiger partial charge on any atom is -0.390 e. The monoisotopic (exact) mass is 263 g/mol. The van der Waals surface area contributed by atoms with Crippen LogP contribution in [-0.4, -0.2) is 45.0 Å². The van der Waals surface area contributed by atoms with Gasteiger partial charge < -0.3 is 5.11 Å². The first-order valence-electron chi connectivity index (χ1n) is 7.72. The van der Waals surface area contributed by atoms with Crippen LogP contribution in [-0.2, 0) is 6.54 Å². The van der Waals surface area contributed by atoms with E-state index in [1.165, 1.54) is 38.5 Å². The Morgan fingerprint density at radius 3 is 2.84 bits per heavy atom. The van der Waals surface area contributed by atoms with Crippen molar-refractivity contribution in [1.82, 2.24) is 14.7 Å². The van der Waals surface area contributed by atoms with Crippen LogP contribution in [0.4, 0.5) is 0 Å². The molecule has 1 saturated heterocycles. The summed E-state index contributed by atoms with van der Waals surface area (Å²) in [5.74, 6) is 0.888. The first kappa shape index (κ1) is 13.1. The molecule has 0 radical (unpaired) electrons. The van der Waals surface area contributed by atoms with Crippen LogP contribution < -0.4 is 0 Å². The van der Waals surface area contributed by atoms with Crippen molar-refractivity contribution in [2.75, 3.05) is 13.1 Å². The number of fused-ring (bicyclic) bond motifs is 1. The minimum absolute atomic E-state index is 0.305. The molecule has 1 aromatic rings. The van der Waals surface area contributed by atoms with Gasteiger partial charge in [0.15, 0.2) is 0 Å². The maximum Gasteiger partial charge on any atom is 0.0862 e. The first-order chi connectivity index (χ1) is 9.33. The SMILES string of the molecule is O[C@H](CN1CCC[C@@H]2CCCC[C@@H]21)Cn1cccn1. The zero-order valence-electron chi connectivity index (χ0n) is 11.6. The maximum atomic E-state index is 10.3. The van der Waals surface area contributed by atoms with Gasteiger partial charge in [-0.2, -0.15) is 5.10 Å². The summed E-state index contributed by atoms with van der Waals surface area (Å²) in [5, 5.41) is 14.4. The molecule has 3 rings (SSSR count). The molecule has 19 heavy (non-hydrogen) atoms. The average Bonchev–Trinajstić information content (AvgIpc) is 2.92. The van der Waals surface area contributed by atoms with Gasteiger partial charge in [-0.25, -0.2) is 0 Å². The number of nitrogens with zero attached hydrogens (tertiary/aromatic N) is 3. The molecule has 0 spiro atoms. The molecule has 4 nitrogen and oxygen atoms in total. The van der Waals surface area contributed by atoms with Crippen LogP contribution in [0.25, 0.3) is 0 Å². The third kappa shape index (κ3) is 3.18. The Bertz CT molecular complexity index is 377. The molecule has 0 unspecified atom stereocenters. The van der Waals surface area contributed by atoms with E-state index in [1.807, 2.05) is 16.9 Å². The zero-order chi connectivity index (χ0) is 13.1. The van der Waals surface area contributed by atoms with E-state index < -0.39 is 0 Å². The third-order valence-electron chi connectivity index (χ3n) is 4.76. The Balaban J connectivity index is 1.55. The van der Waals surface area contributed by atoms with E-state index in [-0.39, 0.29) is 6.10 Å². The van der Waals surface area contributed by atoms with Gasteiger partial charge in [-0.1, -0.05) is 12.8 Å². The molecule has 2 fully saturated rings. The van der Waals surface area contributed by atoms with Gasteiger partial charge in [-0.3, -0.25) is 9.58 Å². The molecule has 106 valence electrons. The lowest BCUT2D eigenvalue weighted by Crippen LogP contribution is -2.49. The van der Waals surface area contributed by atoms with Gasteiger partial charge in [0.1, 0.15) is 0 Å². The van der Waals surface area contributed by atoms with Crippen LogP contribution in [0.3, 0.4) is 0 Å². The highest BCUT2D eigenvalue weighted by Crippen LogP contribution is 2.35. The lowest BCUT2D eigenvalue weighted by atomic mass is 9.78. The van der Waals surface area contributed by atoms with Crippen molar-refractivity contribution < 1.29 is 5.11 Å². The molecule has 1 aliphatic carbocycles. The van der Waals surface area contributed by atoms with Crippen molar-refractivity contribution in [2.24, 2.45) is 5.92 Å². The van der Waals surface area contributed by atoms with Crippen molar-refractivity contribution in [3.63, 3.8) is 0 Å². The van der Waals surface area contributed by atoms with E-state index in [0.717, 1.165) is 25.0 Å². The summed E-state index contributed by atoms with van der Waals surface area (Å²) >= 11 is 0. The lowest BCUT2D eigenvalue weighted by Gasteiger charge is -2.44. The molecule has 4 heteroatoms. The minimum atomic E-state index is -0.305. The summed E-state index contributed by atoms with van der Waals surface area (Å²) in [4.78, 5) is 2.54. The summed E-state index contributed by atoms with van der Waals surface area (Å²) in [6, 6.07) is 2.64. The van der Waals surface area contributed by atoms with Gasteiger partial charge in [0.25, 0.3) is 0 Å². The Morgan fingerprint density at radius 1 is 1.16 bits per heavy atom. The molecule has 0 amide bonds. The summed E-state index contributed by atoms with van der Waals surface area (Å²) < 4.78 is 1.83. The molecule has 0 aromatic carbocycles. The predicted molar refractivity (Wildman–Crippen MR) is 74.8 cm³/mol. The maximum absolute atomic E-state index is 10.3. The van der Waals surface area contributed by atoms with Crippen molar-refractivity contribution in [3.8, 4) is 0 Å². The Morgan fingerprint density at radius 2 is 2.00 bits per heavy atom. The molecule has 1 saturated carbocycles. The van der Waals surface area contributed by atoms with Crippen LogP contribution in [0.1, 0.15) is 38.5 Å². The summed E-state index contributed by atoms with van der Waals surface area (Å²) in [6.07, 6.45) is 11.6. The normalized spacial score (nSPS) is 29.9. The number of β-amino-alcohol motifs (C(OH)–C–C–N with tert-alkyl or cyclic N) is 1. The first-order valence-corrected chi connectivity index (χ1v) is 7.72. The molecule has 3 atom stereocenters. The summed E-state index contributed by atoms with van der Waals surface area (Å²) in [5.41, 5.74) is 0. The van der Waals surface area contributed by atoms with E-state index in [0.29, 0.717) is 6.54 Å². The highest BCUT2D eigenvalue weighted by Gasteiger charge is 2.33.